The van der Waals surface area contributed by atoms with Crippen LogP contribution in [0, 0.1) is 5.92 Å². The van der Waals surface area contributed by atoms with Gasteiger partial charge in [0.1, 0.15) is 18.3 Å². The molecule has 1 amide bonds. The highest BCUT2D eigenvalue weighted by Crippen LogP contribution is 2.15. The normalized spacial score (nSPS) is 19.0. The van der Waals surface area contributed by atoms with Gasteiger partial charge in [-0.05, 0) is 0 Å². The molecule has 0 spiro atoms. The zero-order valence-corrected chi connectivity index (χ0v) is 9.17. The fraction of sp³-hybridized carbons (Fsp3) is 0.889. The van der Waals surface area contributed by atoms with E-state index < -0.39 is 43.0 Å². The molecule has 7 heteroatoms. The maximum absolute atomic E-state index is 13.5. The van der Waals surface area contributed by atoms with Crippen LogP contribution in [-0.2, 0) is 4.79 Å². The molecule has 0 aromatic carbocycles. The van der Waals surface area contributed by atoms with Gasteiger partial charge < -0.3 is 25.7 Å². The number of carbonyl (C=O) groups excluding carboxylic acids is 1. The first kappa shape index (κ1) is 15.2. The van der Waals surface area contributed by atoms with Crippen molar-refractivity contribution in [3.05, 3.63) is 0 Å². The van der Waals surface area contributed by atoms with E-state index in [1.807, 2.05) is 5.32 Å². The van der Waals surface area contributed by atoms with E-state index in [1.54, 1.807) is 0 Å². The first-order valence-corrected chi connectivity index (χ1v) is 4.87. The molecule has 0 saturated heterocycles. The number of aliphatic hydroxyl groups excluding tert-OH is 3. The van der Waals surface area contributed by atoms with Crippen LogP contribution in [0.2, 0.25) is 0 Å². The van der Waals surface area contributed by atoms with Crippen LogP contribution in [0.1, 0.15) is 13.8 Å². The topological polar surface area (TPSA) is 110 Å². The molecule has 0 rings (SSSR count). The van der Waals surface area contributed by atoms with Crippen molar-refractivity contribution in [3.8, 4) is 0 Å². The van der Waals surface area contributed by atoms with E-state index in [-0.39, 0.29) is 0 Å². The van der Waals surface area contributed by atoms with Gasteiger partial charge in [-0.1, -0.05) is 6.92 Å². The smallest absolute Gasteiger partial charge is 0.217 e. The minimum Gasteiger partial charge on any atom is -0.396 e. The van der Waals surface area contributed by atoms with E-state index in [9.17, 15) is 14.3 Å². The number of nitrogens with one attached hydrogen (secondary N) is 1. The Bertz CT molecular complexity index is 226. The largest absolute Gasteiger partial charge is 0.396 e. The second-order valence-electron chi connectivity index (χ2n) is 3.73. The van der Waals surface area contributed by atoms with Crippen LogP contribution in [0.5, 0.6) is 0 Å². The van der Waals surface area contributed by atoms with Gasteiger partial charge in [-0.3, -0.25) is 4.79 Å². The SMILES string of the molecule is CC(=O)NC(C(O)O)C(O)[C@H](F)C(C)CO. The Balaban J connectivity index is 4.59. The van der Waals surface area contributed by atoms with Crippen molar-refractivity contribution in [2.45, 2.75) is 38.5 Å². The molecule has 5 N–H and O–H groups in total. The lowest BCUT2D eigenvalue weighted by atomic mass is 9.96. The third kappa shape index (κ3) is 4.40. The molecule has 16 heavy (non-hydrogen) atoms. The summed E-state index contributed by atoms with van der Waals surface area (Å²) in [6.45, 7) is 1.96. The fourth-order valence-electron chi connectivity index (χ4n) is 1.21. The quantitative estimate of drug-likeness (QED) is 0.349. The molecule has 3 unspecified atom stereocenters. The maximum Gasteiger partial charge on any atom is 0.217 e. The predicted molar refractivity (Wildman–Crippen MR) is 53.0 cm³/mol. The summed E-state index contributed by atoms with van der Waals surface area (Å²) >= 11 is 0. The zero-order valence-electron chi connectivity index (χ0n) is 9.17. The van der Waals surface area contributed by atoms with Crippen LogP contribution in [-0.4, -0.2) is 57.5 Å². The van der Waals surface area contributed by atoms with Crippen molar-refractivity contribution < 1.29 is 29.6 Å². The van der Waals surface area contributed by atoms with E-state index in [0.717, 1.165) is 6.92 Å². The summed E-state index contributed by atoms with van der Waals surface area (Å²) in [5, 5.41) is 38.0. The summed E-state index contributed by atoms with van der Waals surface area (Å²) in [7, 11) is 0. The van der Waals surface area contributed by atoms with Gasteiger partial charge >= 0.3 is 0 Å². The molecule has 96 valence electrons. The number of carbonyl (C=O) groups is 1. The predicted octanol–water partition coefficient (Wildman–Crippen LogP) is -1.87. The number of alkyl halides is 1. The lowest BCUT2D eigenvalue weighted by molar-refractivity contribution is -0.136. The van der Waals surface area contributed by atoms with Gasteiger partial charge in [0.15, 0.2) is 6.29 Å². The second-order valence-corrected chi connectivity index (χ2v) is 3.73. The van der Waals surface area contributed by atoms with Crippen LogP contribution >= 0.6 is 0 Å². The lowest BCUT2D eigenvalue weighted by Gasteiger charge is -2.29. The van der Waals surface area contributed by atoms with E-state index in [4.69, 9.17) is 15.3 Å². The Morgan fingerprint density at radius 1 is 1.38 bits per heavy atom. The summed E-state index contributed by atoms with van der Waals surface area (Å²) in [4.78, 5) is 10.7. The Kier molecular flexibility index (Phi) is 6.42. The monoisotopic (exact) mass is 239 g/mol. The molecule has 0 aliphatic rings. The Labute approximate surface area is 92.7 Å². The van der Waals surface area contributed by atoms with Crippen molar-refractivity contribution >= 4 is 5.91 Å². The van der Waals surface area contributed by atoms with Gasteiger partial charge in [0.05, 0.1) is 0 Å². The summed E-state index contributed by atoms with van der Waals surface area (Å²) in [6, 6.07) is -1.53. The van der Waals surface area contributed by atoms with E-state index >= 15 is 0 Å². The minimum atomic E-state index is -2.08. The van der Waals surface area contributed by atoms with Crippen LogP contribution in [0.4, 0.5) is 4.39 Å². The Morgan fingerprint density at radius 3 is 2.19 bits per heavy atom. The van der Waals surface area contributed by atoms with Crippen molar-refractivity contribution in [3.63, 3.8) is 0 Å². The molecule has 0 aromatic rings. The lowest BCUT2D eigenvalue weighted by Crippen LogP contribution is -2.54. The highest BCUT2D eigenvalue weighted by atomic mass is 19.1. The molecular weight excluding hydrogens is 221 g/mol. The minimum absolute atomic E-state index is 0.494. The van der Waals surface area contributed by atoms with Gasteiger partial charge in [0, 0.05) is 19.4 Å². The van der Waals surface area contributed by atoms with E-state index in [2.05, 4.69) is 0 Å². The average Bonchev–Trinajstić information content (AvgIpc) is 2.22. The van der Waals surface area contributed by atoms with E-state index in [0.29, 0.717) is 0 Å². The Hall–Kier alpha value is -0.760. The van der Waals surface area contributed by atoms with Crippen molar-refractivity contribution in [2.75, 3.05) is 6.61 Å². The number of hydrogen-bond donors (Lipinski definition) is 5. The summed E-state index contributed by atoms with van der Waals surface area (Å²) in [5.41, 5.74) is 0. The third-order valence-corrected chi connectivity index (χ3v) is 2.22. The number of amides is 1. The van der Waals surface area contributed by atoms with Crippen molar-refractivity contribution in [1.82, 2.24) is 5.32 Å². The average molecular weight is 239 g/mol. The molecule has 6 nitrogen and oxygen atoms in total. The first-order valence-electron chi connectivity index (χ1n) is 4.87. The van der Waals surface area contributed by atoms with Crippen LogP contribution < -0.4 is 5.32 Å². The molecule has 4 atom stereocenters. The second kappa shape index (κ2) is 6.74. The summed E-state index contributed by atoms with van der Waals surface area (Å²) in [6.07, 6.45) is -5.75. The van der Waals surface area contributed by atoms with Gasteiger partial charge in [0.25, 0.3) is 0 Å². The number of halogens is 1. The van der Waals surface area contributed by atoms with Crippen LogP contribution in [0.15, 0.2) is 0 Å². The van der Waals surface area contributed by atoms with Gasteiger partial charge in [-0.15, -0.1) is 0 Å². The summed E-state index contributed by atoms with van der Waals surface area (Å²) < 4.78 is 13.5. The standard InChI is InChI=1S/C9H18FNO5/c1-4(3-12)6(10)8(14)7(9(15)16)11-5(2)13/h4,6-9,12,14-16H,3H2,1-2H3,(H,11,13)/t4?,6-,7?,8?/m1/s1. The van der Waals surface area contributed by atoms with Crippen LogP contribution in [0.25, 0.3) is 0 Å². The first-order chi connectivity index (χ1) is 7.31. The van der Waals surface area contributed by atoms with Crippen molar-refractivity contribution in [2.24, 2.45) is 5.92 Å². The highest BCUT2D eigenvalue weighted by molar-refractivity contribution is 5.73. The highest BCUT2D eigenvalue weighted by Gasteiger charge is 2.35. The molecule has 0 bridgehead atoms. The third-order valence-electron chi connectivity index (χ3n) is 2.22. The molecule has 0 aromatic heterocycles. The number of rotatable bonds is 6. The molecule has 0 heterocycles. The molecule has 0 fully saturated rings. The molecule has 0 saturated carbocycles. The van der Waals surface area contributed by atoms with Crippen molar-refractivity contribution in [1.29, 1.82) is 0 Å². The van der Waals surface area contributed by atoms with Gasteiger partial charge in [-0.25, -0.2) is 4.39 Å². The molecule has 0 aliphatic heterocycles. The van der Waals surface area contributed by atoms with Gasteiger partial charge in [0.2, 0.25) is 5.91 Å². The maximum atomic E-state index is 13.5. The van der Waals surface area contributed by atoms with E-state index in [1.165, 1.54) is 6.92 Å². The zero-order chi connectivity index (χ0) is 12.9. The summed E-state index contributed by atoms with van der Waals surface area (Å²) in [5.74, 6) is -1.49. The Morgan fingerprint density at radius 2 is 1.88 bits per heavy atom. The fourth-order valence-corrected chi connectivity index (χ4v) is 1.21. The molecule has 0 radical (unpaired) electrons. The van der Waals surface area contributed by atoms with Gasteiger partial charge in [-0.2, -0.15) is 0 Å². The molecule has 0 aliphatic carbocycles. The number of hydrogen-bond acceptors (Lipinski definition) is 5. The number of aliphatic hydroxyl groups is 4. The van der Waals surface area contributed by atoms with Crippen LogP contribution in [0.3, 0.4) is 0 Å². The molecular formula is C9H18FNO5.